The topological polar surface area (TPSA) is 70.5 Å². The van der Waals surface area contributed by atoms with Gasteiger partial charge in [0.15, 0.2) is 0 Å². The molecule has 0 aliphatic carbocycles. The van der Waals surface area contributed by atoms with Crippen LogP contribution in [0.5, 0.6) is 0 Å². The second-order valence-corrected chi connectivity index (χ2v) is 8.04. The Labute approximate surface area is 137 Å². The SMILES string of the molecule is O=C(O)C1CCN(C(=O)c2csc(-c3ccc(Br)s3)n2)C1. The molecule has 1 amide bonds. The number of nitrogens with zero attached hydrogens (tertiary/aromatic N) is 2. The number of carbonyl (C=O) groups excluding carboxylic acids is 1. The minimum absolute atomic E-state index is 0.183. The molecule has 5 nitrogen and oxygen atoms in total. The van der Waals surface area contributed by atoms with E-state index in [9.17, 15) is 9.59 Å². The third kappa shape index (κ3) is 3.02. The van der Waals surface area contributed by atoms with Crippen molar-refractivity contribution in [1.82, 2.24) is 9.88 Å². The normalized spacial score (nSPS) is 18.1. The zero-order valence-electron chi connectivity index (χ0n) is 10.8. The first-order valence-corrected chi connectivity index (χ1v) is 8.77. The second kappa shape index (κ2) is 5.86. The van der Waals surface area contributed by atoms with Gasteiger partial charge in [-0.2, -0.15) is 0 Å². The number of carbonyl (C=O) groups is 2. The van der Waals surface area contributed by atoms with Gasteiger partial charge in [-0.1, -0.05) is 0 Å². The molecule has 1 atom stereocenters. The van der Waals surface area contributed by atoms with Gasteiger partial charge in [-0.15, -0.1) is 22.7 Å². The van der Waals surface area contributed by atoms with E-state index in [-0.39, 0.29) is 12.5 Å². The molecule has 0 saturated carbocycles. The molecular formula is C13H11BrN2O3S2. The Morgan fingerprint density at radius 1 is 1.43 bits per heavy atom. The van der Waals surface area contributed by atoms with Crippen LogP contribution in [-0.2, 0) is 4.79 Å². The van der Waals surface area contributed by atoms with Crippen molar-refractivity contribution in [2.75, 3.05) is 13.1 Å². The van der Waals surface area contributed by atoms with Crippen LogP contribution in [0.3, 0.4) is 0 Å². The fourth-order valence-electron chi connectivity index (χ4n) is 2.22. The number of aromatic nitrogens is 1. The molecule has 21 heavy (non-hydrogen) atoms. The quantitative estimate of drug-likeness (QED) is 0.878. The summed E-state index contributed by atoms with van der Waals surface area (Å²) >= 11 is 6.39. The van der Waals surface area contributed by atoms with Crippen LogP contribution in [0.1, 0.15) is 16.9 Å². The van der Waals surface area contributed by atoms with Crippen LogP contribution in [0.4, 0.5) is 0 Å². The van der Waals surface area contributed by atoms with Gasteiger partial charge >= 0.3 is 5.97 Å². The predicted octanol–water partition coefficient (Wildman–Crippen LogP) is 3.18. The molecule has 0 spiro atoms. The molecule has 0 bridgehead atoms. The number of hydrogen-bond acceptors (Lipinski definition) is 5. The maximum absolute atomic E-state index is 12.3. The standard InChI is InChI=1S/C13H11BrN2O3S2/c14-10-2-1-9(21-10)11-15-8(6-20-11)12(17)16-4-3-7(5-16)13(18)19/h1-2,6-7H,3-5H2,(H,18,19). The van der Waals surface area contributed by atoms with E-state index in [1.54, 1.807) is 21.6 Å². The lowest BCUT2D eigenvalue weighted by atomic mass is 10.1. The van der Waals surface area contributed by atoms with Crippen LogP contribution < -0.4 is 0 Å². The minimum atomic E-state index is -0.840. The first kappa shape index (κ1) is 14.7. The maximum Gasteiger partial charge on any atom is 0.308 e. The number of carboxylic acids is 1. The van der Waals surface area contributed by atoms with Crippen molar-refractivity contribution in [2.24, 2.45) is 5.92 Å². The Hall–Kier alpha value is -1.25. The van der Waals surface area contributed by atoms with Crippen molar-refractivity contribution in [3.63, 3.8) is 0 Å². The fraction of sp³-hybridized carbons (Fsp3) is 0.308. The Kier molecular flexibility index (Phi) is 4.10. The zero-order chi connectivity index (χ0) is 15.0. The molecular weight excluding hydrogens is 376 g/mol. The van der Waals surface area contributed by atoms with Crippen LogP contribution in [-0.4, -0.2) is 40.0 Å². The summed E-state index contributed by atoms with van der Waals surface area (Å²) in [5, 5.41) is 11.5. The molecule has 1 N–H and O–H groups in total. The summed E-state index contributed by atoms with van der Waals surface area (Å²) in [6.07, 6.45) is 0.510. The molecule has 0 radical (unpaired) electrons. The number of amides is 1. The minimum Gasteiger partial charge on any atom is -0.481 e. The number of thiazole rings is 1. The third-order valence-corrected chi connectivity index (χ3v) is 5.97. The predicted molar refractivity (Wildman–Crippen MR) is 84.8 cm³/mol. The molecule has 3 rings (SSSR count). The smallest absolute Gasteiger partial charge is 0.308 e. The lowest BCUT2D eigenvalue weighted by molar-refractivity contribution is -0.141. The van der Waals surface area contributed by atoms with Crippen molar-refractivity contribution in [3.05, 3.63) is 27.0 Å². The van der Waals surface area contributed by atoms with Gasteiger partial charge in [0, 0.05) is 18.5 Å². The van der Waals surface area contributed by atoms with Gasteiger partial charge in [0.05, 0.1) is 14.6 Å². The lowest BCUT2D eigenvalue weighted by Gasteiger charge is -2.13. The van der Waals surface area contributed by atoms with Crippen molar-refractivity contribution >= 4 is 50.5 Å². The number of carboxylic acid groups (broad SMARTS) is 1. The van der Waals surface area contributed by atoms with Crippen molar-refractivity contribution < 1.29 is 14.7 Å². The molecule has 1 saturated heterocycles. The van der Waals surface area contributed by atoms with E-state index in [1.807, 2.05) is 12.1 Å². The summed E-state index contributed by atoms with van der Waals surface area (Å²) < 4.78 is 1.02. The van der Waals surface area contributed by atoms with E-state index in [2.05, 4.69) is 20.9 Å². The third-order valence-electron chi connectivity index (χ3n) is 3.33. The highest BCUT2D eigenvalue weighted by atomic mass is 79.9. The molecule has 1 fully saturated rings. The molecule has 2 aromatic heterocycles. The van der Waals surface area contributed by atoms with Gasteiger partial charge in [0.25, 0.3) is 5.91 Å². The van der Waals surface area contributed by atoms with Crippen LogP contribution in [0.2, 0.25) is 0 Å². The summed E-state index contributed by atoms with van der Waals surface area (Å²) in [4.78, 5) is 30.2. The summed E-state index contributed by atoms with van der Waals surface area (Å²) in [5.74, 6) is -1.48. The highest BCUT2D eigenvalue weighted by Crippen LogP contribution is 2.33. The first-order valence-electron chi connectivity index (χ1n) is 6.28. The fourth-order valence-corrected chi connectivity index (χ4v) is 4.47. The molecule has 0 aromatic carbocycles. The van der Waals surface area contributed by atoms with Crippen molar-refractivity contribution in [3.8, 4) is 9.88 Å². The Morgan fingerprint density at radius 2 is 2.24 bits per heavy atom. The van der Waals surface area contributed by atoms with Gasteiger partial charge in [-0.05, 0) is 34.5 Å². The number of aliphatic carboxylic acids is 1. The Bertz CT molecular complexity index is 697. The van der Waals surface area contributed by atoms with Gasteiger partial charge in [-0.25, -0.2) is 4.98 Å². The summed E-state index contributed by atoms with van der Waals surface area (Å²) in [6.45, 7) is 0.749. The van der Waals surface area contributed by atoms with E-state index in [4.69, 9.17) is 5.11 Å². The molecule has 1 aliphatic rings. The van der Waals surface area contributed by atoms with E-state index in [0.717, 1.165) is 13.7 Å². The average molecular weight is 387 g/mol. The van der Waals surface area contributed by atoms with Gasteiger partial charge in [0.2, 0.25) is 0 Å². The molecule has 3 heterocycles. The number of halogens is 1. The number of likely N-dealkylation sites (tertiary alicyclic amines) is 1. The van der Waals surface area contributed by atoms with Gasteiger partial charge in [-0.3, -0.25) is 9.59 Å². The highest BCUT2D eigenvalue weighted by Gasteiger charge is 2.32. The zero-order valence-corrected chi connectivity index (χ0v) is 14.0. The monoisotopic (exact) mass is 386 g/mol. The molecule has 110 valence electrons. The van der Waals surface area contributed by atoms with Gasteiger partial charge in [0.1, 0.15) is 10.7 Å². The lowest BCUT2D eigenvalue weighted by Crippen LogP contribution is -2.30. The number of thiophene rings is 1. The summed E-state index contributed by atoms with van der Waals surface area (Å²) in [5.41, 5.74) is 0.394. The summed E-state index contributed by atoms with van der Waals surface area (Å²) in [7, 11) is 0. The Balaban J connectivity index is 1.74. The molecule has 2 aromatic rings. The largest absolute Gasteiger partial charge is 0.481 e. The second-order valence-electron chi connectivity index (χ2n) is 4.72. The van der Waals surface area contributed by atoms with Gasteiger partial charge < -0.3 is 10.0 Å². The molecule has 8 heteroatoms. The molecule has 1 aliphatic heterocycles. The number of rotatable bonds is 3. The van der Waals surface area contributed by atoms with Crippen molar-refractivity contribution in [2.45, 2.75) is 6.42 Å². The van der Waals surface area contributed by atoms with E-state index in [1.165, 1.54) is 11.3 Å². The van der Waals surface area contributed by atoms with E-state index >= 15 is 0 Å². The van der Waals surface area contributed by atoms with E-state index < -0.39 is 11.9 Å². The van der Waals surface area contributed by atoms with Crippen LogP contribution in [0.25, 0.3) is 9.88 Å². The summed E-state index contributed by atoms with van der Waals surface area (Å²) in [6, 6.07) is 3.90. The highest BCUT2D eigenvalue weighted by molar-refractivity contribution is 9.11. The van der Waals surface area contributed by atoms with Crippen LogP contribution in [0.15, 0.2) is 21.3 Å². The average Bonchev–Trinajstić information content (AvgIpc) is 3.17. The van der Waals surface area contributed by atoms with Crippen LogP contribution >= 0.6 is 38.6 Å². The van der Waals surface area contributed by atoms with Crippen molar-refractivity contribution in [1.29, 1.82) is 0 Å². The maximum atomic E-state index is 12.3. The molecule has 1 unspecified atom stereocenters. The Morgan fingerprint density at radius 3 is 2.86 bits per heavy atom. The van der Waals surface area contributed by atoms with E-state index in [0.29, 0.717) is 18.7 Å². The number of hydrogen-bond donors (Lipinski definition) is 1. The first-order chi connectivity index (χ1) is 10.0. The van der Waals surface area contributed by atoms with Crippen LogP contribution in [0, 0.1) is 5.92 Å².